The summed E-state index contributed by atoms with van der Waals surface area (Å²) < 4.78 is 0. The highest BCUT2D eigenvalue weighted by molar-refractivity contribution is 6.07. The van der Waals surface area contributed by atoms with E-state index in [0.717, 1.165) is 5.56 Å². The fraction of sp³-hybridized carbons (Fsp3) is 0.308. The predicted octanol–water partition coefficient (Wildman–Crippen LogP) is 1.34. The minimum absolute atomic E-state index is 0.0504. The molecule has 1 aromatic rings. The average Bonchev–Trinajstić information content (AvgIpc) is 2.67. The number of anilines is 2. The summed E-state index contributed by atoms with van der Waals surface area (Å²) in [5, 5.41) is 5.36. The van der Waals surface area contributed by atoms with Gasteiger partial charge in [-0.05, 0) is 31.5 Å². The molecule has 1 aliphatic heterocycles. The fourth-order valence-corrected chi connectivity index (χ4v) is 1.73. The zero-order valence-electron chi connectivity index (χ0n) is 10.2. The highest BCUT2D eigenvalue weighted by Gasteiger charge is 2.20. The van der Waals surface area contributed by atoms with Crippen molar-refractivity contribution in [3.05, 3.63) is 23.8 Å². The number of amides is 2. The number of carbonyl (C=O) groups is 3. The van der Waals surface area contributed by atoms with Gasteiger partial charge in [0.2, 0.25) is 11.8 Å². The van der Waals surface area contributed by atoms with Crippen molar-refractivity contribution < 1.29 is 14.4 Å². The van der Waals surface area contributed by atoms with Gasteiger partial charge in [0, 0.05) is 11.4 Å². The summed E-state index contributed by atoms with van der Waals surface area (Å²) in [6.07, 6.45) is 0.368. The molecule has 1 heterocycles. The number of hydrogen-bond donors (Lipinski definition) is 2. The molecule has 1 unspecified atom stereocenters. The van der Waals surface area contributed by atoms with E-state index in [1.54, 1.807) is 25.1 Å². The van der Waals surface area contributed by atoms with Crippen LogP contribution < -0.4 is 10.6 Å². The van der Waals surface area contributed by atoms with Gasteiger partial charge in [-0.25, -0.2) is 0 Å². The Morgan fingerprint density at radius 1 is 1.39 bits per heavy atom. The molecule has 5 nitrogen and oxygen atoms in total. The molecule has 0 saturated heterocycles. The van der Waals surface area contributed by atoms with Gasteiger partial charge >= 0.3 is 0 Å². The smallest absolute Gasteiger partial charge is 0.234 e. The van der Waals surface area contributed by atoms with E-state index in [0.29, 0.717) is 17.8 Å². The number of fused-ring (bicyclic) bond motifs is 1. The fourth-order valence-electron chi connectivity index (χ4n) is 1.73. The van der Waals surface area contributed by atoms with Gasteiger partial charge in [0.15, 0.2) is 0 Å². The molecule has 0 spiro atoms. The Balaban J connectivity index is 2.12. The third-order valence-electron chi connectivity index (χ3n) is 3.01. The molecule has 5 heteroatoms. The molecule has 94 valence electrons. The van der Waals surface area contributed by atoms with Crippen molar-refractivity contribution in [2.75, 3.05) is 10.6 Å². The standard InChI is InChI=1S/C13H14N2O3/c1-7(8(2)16)13(18)14-10-4-3-9-5-12(17)15-11(9)6-10/h3-4,6-7H,5H2,1-2H3,(H,14,18)(H,15,17). The van der Waals surface area contributed by atoms with Crippen LogP contribution in [0.3, 0.4) is 0 Å². The summed E-state index contributed by atoms with van der Waals surface area (Å²) in [5.74, 6) is -1.24. The Kier molecular flexibility index (Phi) is 3.14. The molecule has 0 radical (unpaired) electrons. The maximum absolute atomic E-state index is 11.7. The number of nitrogens with one attached hydrogen (secondary N) is 2. The molecule has 0 saturated carbocycles. The van der Waals surface area contributed by atoms with Gasteiger partial charge in [-0.3, -0.25) is 14.4 Å². The lowest BCUT2D eigenvalue weighted by molar-refractivity contribution is -0.129. The molecule has 2 amide bonds. The summed E-state index contributed by atoms with van der Waals surface area (Å²) in [6, 6.07) is 5.22. The van der Waals surface area contributed by atoms with Crippen LogP contribution in [-0.4, -0.2) is 17.6 Å². The van der Waals surface area contributed by atoms with E-state index in [4.69, 9.17) is 0 Å². The zero-order chi connectivity index (χ0) is 13.3. The first kappa shape index (κ1) is 12.3. The van der Waals surface area contributed by atoms with Crippen molar-refractivity contribution >= 4 is 29.0 Å². The topological polar surface area (TPSA) is 75.3 Å². The van der Waals surface area contributed by atoms with Crippen LogP contribution in [0.25, 0.3) is 0 Å². The normalized spacial score (nSPS) is 14.7. The van der Waals surface area contributed by atoms with Crippen LogP contribution in [0.15, 0.2) is 18.2 Å². The van der Waals surface area contributed by atoms with Crippen LogP contribution in [0.4, 0.5) is 11.4 Å². The average molecular weight is 246 g/mol. The first-order valence-electron chi connectivity index (χ1n) is 5.71. The molecular formula is C13H14N2O3. The van der Waals surface area contributed by atoms with E-state index in [1.165, 1.54) is 6.92 Å². The van der Waals surface area contributed by atoms with Crippen LogP contribution in [0.5, 0.6) is 0 Å². The van der Waals surface area contributed by atoms with Crippen molar-refractivity contribution in [2.24, 2.45) is 5.92 Å². The lowest BCUT2D eigenvalue weighted by Crippen LogP contribution is -2.25. The second-order valence-electron chi connectivity index (χ2n) is 4.42. The van der Waals surface area contributed by atoms with Crippen LogP contribution in [0, 0.1) is 5.92 Å². The van der Waals surface area contributed by atoms with Gasteiger partial charge in [-0.15, -0.1) is 0 Å². The summed E-state index contributed by atoms with van der Waals surface area (Å²) in [6.45, 7) is 2.94. The van der Waals surface area contributed by atoms with Gasteiger partial charge in [0.1, 0.15) is 5.78 Å². The second kappa shape index (κ2) is 4.60. The first-order valence-corrected chi connectivity index (χ1v) is 5.71. The third kappa shape index (κ3) is 2.40. The minimum Gasteiger partial charge on any atom is -0.325 e. The maximum Gasteiger partial charge on any atom is 0.234 e. The number of hydrogen-bond acceptors (Lipinski definition) is 3. The summed E-state index contributed by atoms with van der Waals surface area (Å²) in [4.78, 5) is 34.0. The second-order valence-corrected chi connectivity index (χ2v) is 4.42. The minimum atomic E-state index is -0.673. The molecule has 0 fully saturated rings. The largest absolute Gasteiger partial charge is 0.325 e. The maximum atomic E-state index is 11.7. The third-order valence-corrected chi connectivity index (χ3v) is 3.01. The van der Waals surface area contributed by atoms with Crippen LogP contribution >= 0.6 is 0 Å². The van der Waals surface area contributed by atoms with Gasteiger partial charge in [-0.2, -0.15) is 0 Å². The highest BCUT2D eigenvalue weighted by Crippen LogP contribution is 2.26. The summed E-state index contributed by atoms with van der Waals surface area (Å²) in [7, 11) is 0. The Hall–Kier alpha value is -2.17. The molecule has 0 bridgehead atoms. The molecule has 2 rings (SSSR count). The molecular weight excluding hydrogens is 232 g/mol. The van der Waals surface area contributed by atoms with E-state index < -0.39 is 5.92 Å². The quantitative estimate of drug-likeness (QED) is 0.790. The number of Topliss-reactive ketones (excluding diaryl/α,β-unsaturated/α-hetero) is 1. The zero-order valence-corrected chi connectivity index (χ0v) is 10.2. The SMILES string of the molecule is CC(=O)C(C)C(=O)Nc1ccc2c(c1)NC(=O)C2. The van der Waals surface area contributed by atoms with Crippen LogP contribution in [0.1, 0.15) is 19.4 Å². The Labute approximate surface area is 105 Å². The molecule has 0 aromatic heterocycles. The number of rotatable bonds is 3. The van der Waals surface area contributed by atoms with Crippen molar-refractivity contribution in [3.63, 3.8) is 0 Å². The van der Waals surface area contributed by atoms with Gasteiger partial charge < -0.3 is 10.6 Å². The first-order chi connectivity index (χ1) is 8.47. The van der Waals surface area contributed by atoms with Crippen LogP contribution in [0.2, 0.25) is 0 Å². The summed E-state index contributed by atoms with van der Waals surface area (Å²) in [5.41, 5.74) is 2.21. The molecule has 18 heavy (non-hydrogen) atoms. The van der Waals surface area contributed by atoms with E-state index in [-0.39, 0.29) is 17.6 Å². The number of benzene rings is 1. The van der Waals surface area contributed by atoms with Crippen molar-refractivity contribution in [2.45, 2.75) is 20.3 Å². The molecule has 1 aromatic carbocycles. The van der Waals surface area contributed by atoms with Gasteiger partial charge in [0.05, 0.1) is 12.3 Å². The lowest BCUT2D eigenvalue weighted by atomic mass is 10.1. The predicted molar refractivity (Wildman–Crippen MR) is 67.3 cm³/mol. The number of carbonyl (C=O) groups excluding carboxylic acids is 3. The Morgan fingerprint density at radius 2 is 2.11 bits per heavy atom. The molecule has 2 N–H and O–H groups in total. The Morgan fingerprint density at radius 3 is 2.78 bits per heavy atom. The monoisotopic (exact) mass is 246 g/mol. The molecule has 1 atom stereocenters. The van der Waals surface area contributed by atoms with E-state index in [9.17, 15) is 14.4 Å². The van der Waals surface area contributed by atoms with Gasteiger partial charge in [-0.1, -0.05) is 6.07 Å². The van der Waals surface area contributed by atoms with Crippen molar-refractivity contribution in [1.82, 2.24) is 0 Å². The van der Waals surface area contributed by atoms with Gasteiger partial charge in [0.25, 0.3) is 0 Å². The van der Waals surface area contributed by atoms with E-state index >= 15 is 0 Å². The molecule has 1 aliphatic rings. The number of ketones is 1. The highest BCUT2D eigenvalue weighted by atomic mass is 16.2. The van der Waals surface area contributed by atoms with Crippen molar-refractivity contribution in [3.8, 4) is 0 Å². The van der Waals surface area contributed by atoms with Crippen LogP contribution in [-0.2, 0) is 20.8 Å². The van der Waals surface area contributed by atoms with Crippen molar-refractivity contribution in [1.29, 1.82) is 0 Å². The van der Waals surface area contributed by atoms with E-state index in [1.807, 2.05) is 0 Å². The Bertz CT molecular complexity index is 537. The molecule has 0 aliphatic carbocycles. The lowest BCUT2D eigenvalue weighted by Gasteiger charge is -2.10. The van der Waals surface area contributed by atoms with E-state index in [2.05, 4.69) is 10.6 Å². The summed E-state index contributed by atoms with van der Waals surface area (Å²) >= 11 is 0.